The minimum absolute atomic E-state index is 0.148. The summed E-state index contributed by atoms with van der Waals surface area (Å²) in [7, 11) is 1.66. The van der Waals surface area contributed by atoms with E-state index in [0.717, 1.165) is 6.42 Å². The molecule has 0 bridgehead atoms. The number of alkyl halides is 1. The smallest absolute Gasteiger partial charge is 0.223 e. The van der Waals surface area contributed by atoms with Gasteiger partial charge in [-0.3, -0.25) is 4.79 Å². The van der Waals surface area contributed by atoms with E-state index < -0.39 is 0 Å². The number of hydrogen-bond donors (Lipinski definition) is 1. The van der Waals surface area contributed by atoms with Gasteiger partial charge in [-0.15, -0.1) is 0 Å². The maximum atomic E-state index is 11.9. The molecule has 18 heavy (non-hydrogen) atoms. The van der Waals surface area contributed by atoms with Gasteiger partial charge in [0.2, 0.25) is 5.91 Å². The molecule has 1 amide bonds. The highest BCUT2D eigenvalue weighted by Crippen LogP contribution is 2.47. The monoisotopic (exact) mass is 311 g/mol. The van der Waals surface area contributed by atoms with Crippen molar-refractivity contribution < 1.29 is 9.53 Å². The number of benzene rings is 1. The lowest BCUT2D eigenvalue weighted by molar-refractivity contribution is -0.122. The standard InChI is InChI=1S/C14H18BrNO2/c1-18-9-11(15)8-16-14(17)13-7-12(13)10-5-3-2-4-6-10/h2-6,11-13H,7-9H2,1H3,(H,16,17). The quantitative estimate of drug-likeness (QED) is 0.819. The molecule has 0 aromatic heterocycles. The number of carbonyl (C=O) groups excluding carboxylic acids is 1. The van der Waals surface area contributed by atoms with Gasteiger partial charge in [0, 0.05) is 19.6 Å². The summed E-state index contributed by atoms with van der Waals surface area (Å²) in [5.41, 5.74) is 1.27. The van der Waals surface area contributed by atoms with Crippen LogP contribution < -0.4 is 5.32 Å². The van der Waals surface area contributed by atoms with E-state index in [-0.39, 0.29) is 16.7 Å². The Balaban J connectivity index is 1.76. The fourth-order valence-corrected chi connectivity index (χ4v) is 2.56. The SMILES string of the molecule is COCC(Br)CNC(=O)C1CC1c1ccccc1. The van der Waals surface area contributed by atoms with Gasteiger partial charge >= 0.3 is 0 Å². The van der Waals surface area contributed by atoms with Crippen LogP contribution in [-0.2, 0) is 9.53 Å². The fourth-order valence-electron chi connectivity index (χ4n) is 2.14. The highest BCUT2D eigenvalue weighted by molar-refractivity contribution is 9.09. The van der Waals surface area contributed by atoms with Crippen LogP contribution in [0.15, 0.2) is 30.3 Å². The second-order valence-electron chi connectivity index (χ2n) is 4.66. The van der Waals surface area contributed by atoms with Crippen molar-refractivity contribution in [3.05, 3.63) is 35.9 Å². The van der Waals surface area contributed by atoms with Gasteiger partial charge in [-0.05, 0) is 17.9 Å². The highest BCUT2D eigenvalue weighted by atomic mass is 79.9. The van der Waals surface area contributed by atoms with E-state index in [9.17, 15) is 4.79 Å². The van der Waals surface area contributed by atoms with Crippen LogP contribution in [0, 0.1) is 5.92 Å². The van der Waals surface area contributed by atoms with Crippen molar-refractivity contribution in [2.75, 3.05) is 20.3 Å². The van der Waals surface area contributed by atoms with Crippen molar-refractivity contribution in [3.63, 3.8) is 0 Å². The molecule has 0 heterocycles. The Hall–Kier alpha value is -0.870. The maximum absolute atomic E-state index is 11.9. The number of carbonyl (C=O) groups is 1. The van der Waals surface area contributed by atoms with Gasteiger partial charge in [-0.25, -0.2) is 0 Å². The Morgan fingerprint density at radius 2 is 2.22 bits per heavy atom. The van der Waals surface area contributed by atoms with E-state index in [1.54, 1.807) is 7.11 Å². The van der Waals surface area contributed by atoms with Crippen LogP contribution in [0.4, 0.5) is 0 Å². The van der Waals surface area contributed by atoms with Gasteiger partial charge in [0.15, 0.2) is 0 Å². The van der Waals surface area contributed by atoms with E-state index in [2.05, 4.69) is 33.4 Å². The van der Waals surface area contributed by atoms with E-state index in [1.165, 1.54) is 5.56 Å². The number of nitrogens with one attached hydrogen (secondary N) is 1. The first kappa shape index (κ1) is 13.6. The van der Waals surface area contributed by atoms with Crippen LogP contribution in [0.1, 0.15) is 17.9 Å². The summed E-state index contributed by atoms with van der Waals surface area (Å²) in [5.74, 6) is 0.710. The second kappa shape index (κ2) is 6.34. The largest absolute Gasteiger partial charge is 0.383 e. The zero-order chi connectivity index (χ0) is 13.0. The molecule has 1 N–H and O–H groups in total. The highest BCUT2D eigenvalue weighted by Gasteiger charge is 2.43. The molecule has 0 aliphatic heterocycles. The van der Waals surface area contributed by atoms with Crippen molar-refractivity contribution >= 4 is 21.8 Å². The molecule has 2 rings (SSSR count). The normalized spacial score (nSPS) is 23.4. The molecule has 1 saturated carbocycles. The molecule has 4 heteroatoms. The number of ether oxygens (including phenoxy) is 1. The number of hydrogen-bond acceptors (Lipinski definition) is 2. The van der Waals surface area contributed by atoms with Crippen LogP contribution in [-0.4, -0.2) is 31.0 Å². The average molecular weight is 312 g/mol. The third-order valence-corrected chi connectivity index (χ3v) is 3.79. The third-order valence-electron chi connectivity index (χ3n) is 3.20. The number of rotatable bonds is 6. The molecular formula is C14H18BrNO2. The lowest BCUT2D eigenvalue weighted by Crippen LogP contribution is -2.32. The molecule has 3 atom stereocenters. The third kappa shape index (κ3) is 3.56. The zero-order valence-corrected chi connectivity index (χ0v) is 12.0. The summed E-state index contributed by atoms with van der Waals surface area (Å²) >= 11 is 3.46. The summed E-state index contributed by atoms with van der Waals surface area (Å²) in [6.07, 6.45) is 0.965. The fraction of sp³-hybridized carbons (Fsp3) is 0.500. The van der Waals surface area contributed by atoms with E-state index in [0.29, 0.717) is 19.1 Å². The molecule has 1 aromatic carbocycles. The topological polar surface area (TPSA) is 38.3 Å². The van der Waals surface area contributed by atoms with Crippen LogP contribution in [0.25, 0.3) is 0 Å². The molecule has 0 radical (unpaired) electrons. The Morgan fingerprint density at radius 3 is 2.89 bits per heavy atom. The van der Waals surface area contributed by atoms with E-state index in [1.807, 2.05) is 18.2 Å². The molecule has 1 fully saturated rings. The summed E-state index contributed by atoms with van der Waals surface area (Å²) in [6.45, 7) is 1.22. The van der Waals surface area contributed by atoms with E-state index >= 15 is 0 Å². The van der Waals surface area contributed by atoms with Gasteiger partial charge < -0.3 is 10.1 Å². The molecule has 3 unspecified atom stereocenters. The van der Waals surface area contributed by atoms with Crippen LogP contribution in [0.3, 0.4) is 0 Å². The van der Waals surface area contributed by atoms with Gasteiger partial charge in [-0.2, -0.15) is 0 Å². The Kier molecular flexibility index (Phi) is 4.78. The summed E-state index contributed by atoms with van der Waals surface area (Å²) in [6, 6.07) is 10.2. The predicted octanol–water partition coefficient (Wildman–Crippen LogP) is 2.32. The van der Waals surface area contributed by atoms with Crippen molar-refractivity contribution in [2.45, 2.75) is 17.2 Å². The number of methoxy groups -OCH3 is 1. The Bertz CT molecular complexity index is 396. The predicted molar refractivity (Wildman–Crippen MR) is 74.9 cm³/mol. The zero-order valence-electron chi connectivity index (χ0n) is 10.4. The van der Waals surface area contributed by atoms with Crippen LogP contribution in [0.5, 0.6) is 0 Å². The first-order valence-corrected chi connectivity index (χ1v) is 7.09. The summed E-state index contributed by atoms with van der Waals surface area (Å²) in [4.78, 5) is 12.1. The lowest BCUT2D eigenvalue weighted by Gasteiger charge is -2.10. The Labute approximate surface area is 116 Å². The van der Waals surface area contributed by atoms with Crippen molar-refractivity contribution in [1.82, 2.24) is 5.32 Å². The molecule has 3 nitrogen and oxygen atoms in total. The van der Waals surface area contributed by atoms with E-state index in [4.69, 9.17) is 4.74 Å². The van der Waals surface area contributed by atoms with Crippen molar-refractivity contribution in [1.29, 1.82) is 0 Å². The number of amides is 1. The minimum Gasteiger partial charge on any atom is -0.383 e. The number of halogens is 1. The first-order chi connectivity index (χ1) is 8.72. The van der Waals surface area contributed by atoms with Gasteiger partial charge in [0.25, 0.3) is 0 Å². The average Bonchev–Trinajstić information content (AvgIpc) is 3.18. The van der Waals surface area contributed by atoms with Crippen molar-refractivity contribution in [3.8, 4) is 0 Å². The van der Waals surface area contributed by atoms with Crippen LogP contribution in [0.2, 0.25) is 0 Å². The van der Waals surface area contributed by atoms with Gasteiger partial charge in [0.1, 0.15) is 0 Å². The maximum Gasteiger partial charge on any atom is 0.223 e. The molecule has 1 aliphatic carbocycles. The molecule has 0 spiro atoms. The first-order valence-electron chi connectivity index (χ1n) is 6.18. The Morgan fingerprint density at radius 1 is 1.50 bits per heavy atom. The molecule has 1 aromatic rings. The van der Waals surface area contributed by atoms with Crippen molar-refractivity contribution in [2.24, 2.45) is 5.92 Å². The molecule has 0 saturated heterocycles. The summed E-state index contributed by atoms with van der Waals surface area (Å²) < 4.78 is 5.00. The second-order valence-corrected chi connectivity index (χ2v) is 5.95. The van der Waals surface area contributed by atoms with Crippen LogP contribution >= 0.6 is 15.9 Å². The molecular weight excluding hydrogens is 294 g/mol. The minimum atomic E-state index is 0.148. The lowest BCUT2D eigenvalue weighted by atomic mass is 10.1. The van der Waals surface area contributed by atoms with Gasteiger partial charge in [0.05, 0.1) is 11.4 Å². The summed E-state index contributed by atoms with van der Waals surface area (Å²) in [5, 5.41) is 2.96. The van der Waals surface area contributed by atoms with Gasteiger partial charge in [-0.1, -0.05) is 46.3 Å². The molecule has 98 valence electrons. The molecule has 1 aliphatic rings.